The van der Waals surface area contributed by atoms with Crippen molar-refractivity contribution in [3.63, 3.8) is 0 Å². The van der Waals surface area contributed by atoms with Crippen molar-refractivity contribution in [1.82, 2.24) is 14.6 Å². The molecule has 36 heavy (non-hydrogen) atoms. The summed E-state index contributed by atoms with van der Waals surface area (Å²) in [5.74, 6) is -0.261. The van der Waals surface area contributed by atoms with E-state index in [1.54, 1.807) is 12.1 Å². The van der Waals surface area contributed by atoms with E-state index in [9.17, 15) is 13.2 Å². The van der Waals surface area contributed by atoms with Crippen LogP contribution < -0.4 is 10.0 Å². The third-order valence-electron chi connectivity index (χ3n) is 6.52. The molecule has 0 unspecified atom stereocenters. The smallest absolute Gasteiger partial charge is 0.256 e. The largest absolute Gasteiger partial charge is 0.383 e. The predicted octanol–water partition coefficient (Wildman–Crippen LogP) is 3.86. The number of anilines is 1. The van der Waals surface area contributed by atoms with Crippen LogP contribution in [0.1, 0.15) is 37.1 Å². The Hall–Kier alpha value is -2.98. The number of H-pyrrole nitrogens is 1. The van der Waals surface area contributed by atoms with E-state index in [1.807, 2.05) is 6.07 Å². The molecule has 1 aliphatic heterocycles. The number of rotatable bonds is 12. The molecule has 4 rings (SSSR count). The normalized spacial score (nSPS) is 14.7. The number of fused-ring (bicyclic) bond motifs is 2. The second kappa shape index (κ2) is 11.4. The van der Waals surface area contributed by atoms with Gasteiger partial charge in [0.25, 0.3) is 5.91 Å². The molecule has 1 aliphatic rings. The summed E-state index contributed by atoms with van der Waals surface area (Å²) in [6, 6.07) is 13.1. The van der Waals surface area contributed by atoms with Crippen LogP contribution in [0.4, 0.5) is 5.69 Å². The summed E-state index contributed by atoms with van der Waals surface area (Å²) in [7, 11) is -2.21. The molecule has 192 valence electrons. The van der Waals surface area contributed by atoms with Crippen LogP contribution in [0, 0.1) is 0 Å². The molecule has 1 aromatic heterocycles. The van der Waals surface area contributed by atoms with E-state index in [0.717, 1.165) is 49.1 Å². The number of hydrogen-bond acceptors (Lipinski definition) is 5. The highest BCUT2D eigenvalue weighted by atomic mass is 32.2. The van der Waals surface area contributed by atoms with Gasteiger partial charge in [0.15, 0.2) is 0 Å². The van der Waals surface area contributed by atoms with Gasteiger partial charge < -0.3 is 19.9 Å². The first kappa shape index (κ1) is 26.1. The van der Waals surface area contributed by atoms with Crippen molar-refractivity contribution in [3.05, 3.63) is 59.3 Å². The molecule has 3 aromatic rings. The zero-order chi connectivity index (χ0) is 25.7. The highest BCUT2D eigenvalue weighted by Crippen LogP contribution is 2.35. The first-order chi connectivity index (χ1) is 17.3. The zero-order valence-electron chi connectivity index (χ0n) is 21.1. The lowest BCUT2D eigenvalue weighted by Crippen LogP contribution is -2.27. The lowest BCUT2D eigenvalue weighted by atomic mass is 10.1. The van der Waals surface area contributed by atoms with Crippen LogP contribution in [0.5, 0.6) is 0 Å². The van der Waals surface area contributed by atoms with Gasteiger partial charge in [0, 0.05) is 41.5 Å². The van der Waals surface area contributed by atoms with E-state index >= 15 is 0 Å². The van der Waals surface area contributed by atoms with Crippen molar-refractivity contribution in [1.29, 1.82) is 0 Å². The SMILES string of the molecule is CCN(CC)CCCc1ccc2[nH]c(C=C3C(=O)Nc4ccc(S(=O)(=O)NCCOC)cc43)cc2c1. The Balaban J connectivity index is 1.56. The third-order valence-corrected chi connectivity index (χ3v) is 7.98. The zero-order valence-corrected chi connectivity index (χ0v) is 21.9. The maximum absolute atomic E-state index is 12.7. The summed E-state index contributed by atoms with van der Waals surface area (Å²) in [5, 5.41) is 3.91. The van der Waals surface area contributed by atoms with Crippen LogP contribution in [0.15, 0.2) is 47.4 Å². The second-order valence-corrected chi connectivity index (χ2v) is 10.7. The molecule has 2 heterocycles. The highest BCUT2D eigenvalue weighted by Gasteiger charge is 2.27. The number of sulfonamides is 1. The van der Waals surface area contributed by atoms with Crippen LogP contribution in [0.25, 0.3) is 22.6 Å². The number of carbonyl (C=O) groups is 1. The molecule has 9 heteroatoms. The summed E-state index contributed by atoms with van der Waals surface area (Å²) >= 11 is 0. The molecule has 0 spiro atoms. The second-order valence-electron chi connectivity index (χ2n) is 8.89. The number of aromatic amines is 1. The van der Waals surface area contributed by atoms with Crippen LogP contribution in [-0.4, -0.2) is 64.1 Å². The highest BCUT2D eigenvalue weighted by molar-refractivity contribution is 7.89. The van der Waals surface area contributed by atoms with Crippen LogP contribution in [0.3, 0.4) is 0 Å². The Morgan fingerprint density at radius 2 is 1.89 bits per heavy atom. The quantitative estimate of drug-likeness (QED) is 0.254. The van der Waals surface area contributed by atoms with Crippen molar-refractivity contribution >= 4 is 44.2 Å². The van der Waals surface area contributed by atoms with Crippen LogP contribution in [0.2, 0.25) is 0 Å². The molecule has 2 aromatic carbocycles. The monoisotopic (exact) mass is 510 g/mol. The maximum atomic E-state index is 12.7. The fourth-order valence-corrected chi connectivity index (χ4v) is 5.52. The van der Waals surface area contributed by atoms with Crippen molar-refractivity contribution < 1.29 is 17.9 Å². The average molecular weight is 511 g/mol. The molecule has 0 fully saturated rings. The number of carbonyl (C=O) groups excluding carboxylic acids is 1. The molecule has 0 aliphatic carbocycles. The van der Waals surface area contributed by atoms with Gasteiger partial charge in [-0.2, -0.15) is 0 Å². The maximum Gasteiger partial charge on any atom is 0.256 e. The van der Waals surface area contributed by atoms with Crippen molar-refractivity contribution in [2.45, 2.75) is 31.6 Å². The van der Waals surface area contributed by atoms with Gasteiger partial charge in [-0.25, -0.2) is 13.1 Å². The number of nitrogens with zero attached hydrogens (tertiary/aromatic N) is 1. The first-order valence-corrected chi connectivity index (χ1v) is 13.8. The average Bonchev–Trinajstić information content (AvgIpc) is 3.41. The van der Waals surface area contributed by atoms with E-state index in [1.165, 1.54) is 24.8 Å². The van der Waals surface area contributed by atoms with E-state index in [2.05, 4.69) is 52.0 Å². The van der Waals surface area contributed by atoms with Gasteiger partial charge >= 0.3 is 0 Å². The molecule has 0 saturated carbocycles. The Morgan fingerprint density at radius 1 is 1.08 bits per heavy atom. The molecule has 1 amide bonds. The predicted molar refractivity (Wildman–Crippen MR) is 144 cm³/mol. The van der Waals surface area contributed by atoms with Crippen molar-refractivity contribution in [2.24, 2.45) is 0 Å². The number of aryl methyl sites for hydroxylation is 1. The first-order valence-electron chi connectivity index (χ1n) is 12.3. The summed E-state index contributed by atoms with van der Waals surface area (Å²) in [4.78, 5) is 18.6. The molecule has 0 atom stereocenters. The van der Waals surface area contributed by atoms with Crippen LogP contribution >= 0.6 is 0 Å². The van der Waals surface area contributed by atoms with Gasteiger partial charge in [0.1, 0.15) is 0 Å². The minimum absolute atomic E-state index is 0.103. The Kier molecular flexibility index (Phi) is 8.25. The standard InChI is InChI=1S/C27H34N4O4S/c1-4-31(5-2)13-6-7-19-8-10-25-20(15-19)16-21(29-25)17-24-23-18-22(9-11-26(23)30-27(24)32)36(33,34)28-12-14-35-3/h8-11,15-18,28-29H,4-7,12-14H2,1-3H3,(H,30,32). The molecule has 0 saturated heterocycles. The van der Waals surface area contributed by atoms with Crippen LogP contribution in [-0.2, 0) is 26.0 Å². The van der Waals surface area contributed by atoms with E-state index in [-0.39, 0.29) is 24.0 Å². The van der Waals surface area contributed by atoms with Gasteiger partial charge in [-0.15, -0.1) is 0 Å². The molecule has 3 N–H and O–H groups in total. The van der Waals surface area contributed by atoms with Gasteiger partial charge in [-0.05, 0) is 80.5 Å². The number of benzene rings is 2. The summed E-state index contributed by atoms with van der Waals surface area (Å²) < 4.78 is 32.7. The number of ether oxygens (including phenoxy) is 1. The van der Waals surface area contributed by atoms with Gasteiger partial charge in [-0.3, -0.25) is 4.79 Å². The molecule has 8 nitrogen and oxygen atoms in total. The van der Waals surface area contributed by atoms with E-state index < -0.39 is 10.0 Å². The topological polar surface area (TPSA) is 104 Å². The van der Waals surface area contributed by atoms with E-state index in [4.69, 9.17) is 4.74 Å². The van der Waals surface area contributed by atoms with Crippen molar-refractivity contribution in [2.75, 3.05) is 45.2 Å². The number of nitrogens with one attached hydrogen (secondary N) is 3. The lowest BCUT2D eigenvalue weighted by Gasteiger charge is -2.17. The molecular formula is C27H34N4O4S. The van der Waals surface area contributed by atoms with Gasteiger partial charge in [-0.1, -0.05) is 19.9 Å². The molecule has 0 bridgehead atoms. The molecular weight excluding hydrogens is 476 g/mol. The van der Waals surface area contributed by atoms with Crippen molar-refractivity contribution in [3.8, 4) is 0 Å². The minimum atomic E-state index is -3.72. The summed E-state index contributed by atoms with van der Waals surface area (Å²) in [6.45, 7) is 8.04. The van der Waals surface area contributed by atoms with Gasteiger partial charge in [0.05, 0.1) is 17.1 Å². The summed E-state index contributed by atoms with van der Waals surface area (Å²) in [6.07, 6.45) is 3.90. The Bertz CT molecular complexity index is 1370. The number of aromatic nitrogens is 1. The Labute approximate surface area is 212 Å². The number of methoxy groups -OCH3 is 1. The third kappa shape index (κ3) is 5.87. The number of hydrogen-bond donors (Lipinski definition) is 3. The summed E-state index contributed by atoms with van der Waals surface area (Å²) in [5.41, 5.74) is 4.64. The fraction of sp³-hybridized carbons (Fsp3) is 0.370. The fourth-order valence-electron chi connectivity index (χ4n) is 4.48. The lowest BCUT2D eigenvalue weighted by molar-refractivity contribution is -0.110. The van der Waals surface area contributed by atoms with E-state index in [0.29, 0.717) is 16.8 Å². The molecule has 0 radical (unpaired) electrons. The minimum Gasteiger partial charge on any atom is -0.383 e. The van der Waals surface area contributed by atoms with Gasteiger partial charge in [0.2, 0.25) is 10.0 Å². The number of amides is 1. The Morgan fingerprint density at radius 3 is 2.64 bits per heavy atom.